The molecule has 0 unspecified atom stereocenters. The number of rotatable bonds is 12. The zero-order valence-electron chi connectivity index (χ0n) is 21.6. The van der Waals surface area contributed by atoms with Gasteiger partial charge in [0, 0.05) is 30.6 Å². The lowest BCUT2D eigenvalue weighted by Gasteiger charge is -2.29. The van der Waals surface area contributed by atoms with E-state index in [0.29, 0.717) is 17.0 Å². The molecule has 0 heterocycles. The zero-order valence-corrected chi connectivity index (χ0v) is 23.1. The van der Waals surface area contributed by atoms with Crippen molar-refractivity contribution in [1.29, 1.82) is 0 Å². The summed E-state index contributed by atoms with van der Waals surface area (Å²) in [6.45, 7) is 1.99. The van der Waals surface area contributed by atoms with Crippen LogP contribution in [-0.4, -0.2) is 37.2 Å². The molecule has 1 saturated carbocycles. The third kappa shape index (κ3) is 8.11. The summed E-state index contributed by atoms with van der Waals surface area (Å²) in [5.41, 5.74) is 2.24. The first-order valence-electron chi connectivity index (χ1n) is 12.8. The zero-order chi connectivity index (χ0) is 28.0. The highest BCUT2D eigenvalue weighted by Crippen LogP contribution is 2.23. The minimum Gasteiger partial charge on any atom is -0.350 e. The molecule has 0 aromatic heterocycles. The first-order chi connectivity index (χ1) is 18.6. The van der Waals surface area contributed by atoms with E-state index in [1.165, 1.54) is 29.2 Å². The molecule has 10 heteroatoms. The molecule has 2 N–H and O–H groups in total. The Balaban J connectivity index is 1.42. The average molecular weight is 572 g/mol. The van der Waals surface area contributed by atoms with Crippen molar-refractivity contribution in [2.45, 2.75) is 62.7 Å². The predicted octanol–water partition coefficient (Wildman–Crippen LogP) is 4.59. The fourth-order valence-electron chi connectivity index (χ4n) is 4.06. The monoisotopic (exact) mass is 571 g/mol. The largest absolute Gasteiger partial charge is 0.350 e. The van der Waals surface area contributed by atoms with Crippen molar-refractivity contribution < 1.29 is 22.4 Å². The molecule has 39 heavy (non-hydrogen) atoms. The van der Waals surface area contributed by atoms with Gasteiger partial charge in [-0.3, -0.25) is 9.59 Å². The third-order valence-corrected chi connectivity index (χ3v) is 8.51. The van der Waals surface area contributed by atoms with Crippen molar-refractivity contribution in [2.24, 2.45) is 0 Å². The van der Waals surface area contributed by atoms with Crippen molar-refractivity contribution in [1.82, 2.24) is 14.9 Å². The molecule has 0 saturated heterocycles. The number of amides is 2. The molecule has 2 amide bonds. The van der Waals surface area contributed by atoms with Crippen molar-refractivity contribution >= 4 is 33.4 Å². The van der Waals surface area contributed by atoms with Crippen LogP contribution >= 0.6 is 11.6 Å². The second-order valence-corrected chi connectivity index (χ2v) is 11.8. The smallest absolute Gasteiger partial charge is 0.242 e. The van der Waals surface area contributed by atoms with Crippen molar-refractivity contribution in [3.05, 3.63) is 100 Å². The van der Waals surface area contributed by atoms with Crippen LogP contribution in [-0.2, 0) is 39.1 Å². The van der Waals surface area contributed by atoms with Crippen LogP contribution in [0.5, 0.6) is 0 Å². The summed E-state index contributed by atoms with van der Waals surface area (Å²) in [6, 6.07) is 18.6. The summed E-state index contributed by atoms with van der Waals surface area (Å²) in [5.74, 6) is -0.991. The van der Waals surface area contributed by atoms with Crippen LogP contribution in [0, 0.1) is 5.82 Å². The SMILES string of the molecule is C[C@H](C(=O)NCc1ccccc1Cl)N(Cc1ccc(F)cc1)C(=O)CCc1ccc(S(=O)(=O)NC2CC2)cc1. The Hall–Kier alpha value is -3.27. The van der Waals surface area contributed by atoms with Gasteiger partial charge >= 0.3 is 0 Å². The van der Waals surface area contributed by atoms with E-state index in [4.69, 9.17) is 11.6 Å². The number of nitrogens with one attached hydrogen (secondary N) is 2. The number of carbonyl (C=O) groups is 2. The van der Waals surface area contributed by atoms with Gasteiger partial charge in [0.15, 0.2) is 0 Å². The van der Waals surface area contributed by atoms with Crippen LogP contribution in [0.15, 0.2) is 77.7 Å². The van der Waals surface area contributed by atoms with Gasteiger partial charge in [0.05, 0.1) is 4.90 Å². The molecule has 1 aliphatic carbocycles. The Morgan fingerprint density at radius 3 is 2.28 bits per heavy atom. The van der Waals surface area contributed by atoms with Gasteiger partial charge in [0.1, 0.15) is 11.9 Å². The molecular weight excluding hydrogens is 541 g/mol. The maximum absolute atomic E-state index is 13.4. The number of hydrogen-bond donors (Lipinski definition) is 2. The number of hydrogen-bond acceptors (Lipinski definition) is 4. The van der Waals surface area contributed by atoms with Crippen LogP contribution in [0.2, 0.25) is 5.02 Å². The van der Waals surface area contributed by atoms with Gasteiger partial charge in [-0.05, 0) is 73.2 Å². The lowest BCUT2D eigenvalue weighted by Crippen LogP contribution is -2.47. The Kier molecular flexibility index (Phi) is 9.37. The molecule has 0 spiro atoms. The standard InChI is InChI=1S/C29H31ClFN3O4S/c1-20(29(36)32-18-23-4-2-3-5-27(23)30)34(19-22-6-11-24(31)12-7-22)28(35)17-10-21-8-15-26(16-9-21)39(37,38)33-25-13-14-25/h2-9,11-12,15-16,20,25,33H,10,13-14,17-19H2,1H3,(H,32,36)/t20-/m1/s1. The molecule has 3 aromatic rings. The van der Waals surface area contributed by atoms with E-state index in [-0.39, 0.29) is 48.1 Å². The number of aryl methyl sites for hydroxylation is 1. The lowest BCUT2D eigenvalue weighted by atomic mass is 10.1. The molecular formula is C29H31ClFN3O4S. The number of carbonyl (C=O) groups excluding carboxylic acids is 2. The first-order valence-corrected chi connectivity index (χ1v) is 14.6. The minimum atomic E-state index is -3.55. The van der Waals surface area contributed by atoms with Gasteiger partial charge in [-0.25, -0.2) is 17.5 Å². The molecule has 3 aromatic carbocycles. The Morgan fingerprint density at radius 2 is 1.64 bits per heavy atom. The summed E-state index contributed by atoms with van der Waals surface area (Å²) in [5, 5.41) is 3.38. The first kappa shape index (κ1) is 28.7. The van der Waals surface area contributed by atoms with Crippen molar-refractivity contribution in [3.63, 3.8) is 0 Å². The summed E-state index contributed by atoms with van der Waals surface area (Å²) in [7, 11) is -3.55. The number of sulfonamides is 1. The number of halogens is 2. The second-order valence-electron chi connectivity index (χ2n) is 9.67. The van der Waals surface area contributed by atoms with Crippen LogP contribution < -0.4 is 10.0 Å². The van der Waals surface area contributed by atoms with E-state index in [1.54, 1.807) is 43.3 Å². The highest BCUT2D eigenvalue weighted by atomic mass is 35.5. The summed E-state index contributed by atoms with van der Waals surface area (Å²) >= 11 is 6.20. The highest BCUT2D eigenvalue weighted by molar-refractivity contribution is 7.89. The van der Waals surface area contributed by atoms with Crippen molar-refractivity contribution in [3.8, 4) is 0 Å². The summed E-state index contributed by atoms with van der Waals surface area (Å²) in [4.78, 5) is 28.0. The van der Waals surface area contributed by atoms with E-state index >= 15 is 0 Å². The van der Waals surface area contributed by atoms with Crippen molar-refractivity contribution in [2.75, 3.05) is 0 Å². The number of benzene rings is 3. The minimum absolute atomic E-state index is 0.0169. The summed E-state index contributed by atoms with van der Waals surface area (Å²) in [6.07, 6.45) is 2.17. The fraction of sp³-hybridized carbons (Fsp3) is 0.310. The molecule has 1 fully saturated rings. The molecule has 4 rings (SSSR count). The summed E-state index contributed by atoms with van der Waals surface area (Å²) < 4.78 is 40.9. The van der Waals surface area contributed by atoms with Crippen LogP contribution in [0.25, 0.3) is 0 Å². The molecule has 206 valence electrons. The van der Waals surface area contributed by atoms with Gasteiger partial charge in [0.2, 0.25) is 21.8 Å². The Labute approximate surface area is 233 Å². The maximum atomic E-state index is 13.4. The van der Waals surface area contributed by atoms with Crippen LogP contribution in [0.3, 0.4) is 0 Å². The molecule has 1 atom stereocenters. The Bertz CT molecular complexity index is 1410. The fourth-order valence-corrected chi connectivity index (χ4v) is 5.57. The molecule has 0 bridgehead atoms. The predicted molar refractivity (Wildman–Crippen MR) is 148 cm³/mol. The van der Waals surface area contributed by atoms with E-state index in [0.717, 1.165) is 24.0 Å². The normalized spacial score (nSPS) is 14.0. The average Bonchev–Trinajstić information content (AvgIpc) is 3.74. The third-order valence-electron chi connectivity index (χ3n) is 6.60. The van der Waals surface area contributed by atoms with Gasteiger partial charge in [-0.15, -0.1) is 0 Å². The van der Waals surface area contributed by atoms with Gasteiger partial charge < -0.3 is 10.2 Å². The quantitative estimate of drug-likeness (QED) is 0.332. The molecule has 7 nitrogen and oxygen atoms in total. The molecule has 0 radical (unpaired) electrons. The van der Waals surface area contributed by atoms with E-state index in [9.17, 15) is 22.4 Å². The van der Waals surface area contributed by atoms with Crippen LogP contribution in [0.4, 0.5) is 4.39 Å². The topological polar surface area (TPSA) is 95.6 Å². The van der Waals surface area contributed by atoms with Gasteiger partial charge in [-0.1, -0.05) is 54.1 Å². The molecule has 0 aliphatic heterocycles. The Morgan fingerprint density at radius 1 is 1.00 bits per heavy atom. The maximum Gasteiger partial charge on any atom is 0.242 e. The number of nitrogens with zero attached hydrogens (tertiary/aromatic N) is 1. The van der Waals surface area contributed by atoms with Gasteiger partial charge in [-0.2, -0.15) is 0 Å². The highest BCUT2D eigenvalue weighted by Gasteiger charge is 2.28. The lowest BCUT2D eigenvalue weighted by molar-refractivity contribution is -0.140. The van der Waals surface area contributed by atoms with Gasteiger partial charge in [0.25, 0.3) is 0 Å². The van der Waals surface area contributed by atoms with Crippen LogP contribution in [0.1, 0.15) is 42.9 Å². The van der Waals surface area contributed by atoms with E-state index in [2.05, 4.69) is 10.0 Å². The van der Waals surface area contributed by atoms with E-state index < -0.39 is 16.1 Å². The molecule has 1 aliphatic rings. The van der Waals surface area contributed by atoms with E-state index in [1.807, 2.05) is 12.1 Å². The second kappa shape index (κ2) is 12.7.